The third-order valence-electron chi connectivity index (χ3n) is 5.82. The van der Waals surface area contributed by atoms with Gasteiger partial charge in [-0.3, -0.25) is 19.0 Å². The van der Waals surface area contributed by atoms with E-state index in [0.29, 0.717) is 37.1 Å². The van der Waals surface area contributed by atoms with Crippen molar-refractivity contribution in [3.8, 4) is 0 Å². The minimum atomic E-state index is -4.69. The number of halogens is 4. The van der Waals surface area contributed by atoms with Crippen molar-refractivity contribution >= 4 is 35.6 Å². The number of fused-ring (bicyclic) bond motifs is 1. The number of nitrogens with zero attached hydrogens (tertiary/aromatic N) is 2. The molecule has 184 valence electrons. The molecule has 0 saturated carbocycles. The summed E-state index contributed by atoms with van der Waals surface area (Å²) in [6.45, 7) is 2.09. The number of aromatic nitrogens is 2. The van der Waals surface area contributed by atoms with Gasteiger partial charge in [0, 0.05) is 42.9 Å². The van der Waals surface area contributed by atoms with E-state index in [2.05, 4.69) is 10.3 Å². The minimum Gasteiger partial charge on any atom is -0.359 e. The van der Waals surface area contributed by atoms with E-state index in [1.165, 1.54) is 15.5 Å². The Kier molecular flexibility index (Phi) is 7.87. The van der Waals surface area contributed by atoms with Gasteiger partial charge in [0.25, 0.3) is 11.5 Å². The molecule has 12 heteroatoms. The Balaban J connectivity index is 1.83. The first-order valence-corrected chi connectivity index (χ1v) is 11.5. The highest BCUT2D eigenvalue weighted by molar-refractivity contribution is 7.71. The number of benzene rings is 1. The SMILES string of the molecule is CNC(=O)CCCCn1c(=S)[nH]c2c(c1=O)C[C@@H](C)N(C(=O)c1ccc(Cl)c(C(F)(F)F)c1)C2. The summed E-state index contributed by atoms with van der Waals surface area (Å²) in [7, 11) is 1.56. The first kappa shape index (κ1) is 26.0. The van der Waals surface area contributed by atoms with E-state index in [4.69, 9.17) is 23.8 Å². The van der Waals surface area contributed by atoms with Crippen molar-refractivity contribution in [1.29, 1.82) is 0 Å². The van der Waals surface area contributed by atoms with E-state index >= 15 is 0 Å². The van der Waals surface area contributed by atoms with Crippen LogP contribution in [0.2, 0.25) is 5.02 Å². The first-order chi connectivity index (χ1) is 15.9. The van der Waals surface area contributed by atoms with Crippen LogP contribution in [0.5, 0.6) is 0 Å². The van der Waals surface area contributed by atoms with Gasteiger partial charge in [-0.15, -0.1) is 0 Å². The van der Waals surface area contributed by atoms with Gasteiger partial charge < -0.3 is 15.2 Å². The van der Waals surface area contributed by atoms with Crippen LogP contribution >= 0.6 is 23.8 Å². The molecular formula is C22H24ClF3N4O3S. The smallest absolute Gasteiger partial charge is 0.359 e. The summed E-state index contributed by atoms with van der Waals surface area (Å²) < 4.78 is 41.3. The standard InChI is InChI=1S/C22H24ClF3N4O3S/c1-12-9-14-17(28-21(34)29(20(14)33)8-4-3-5-18(31)27-2)11-30(12)19(32)13-6-7-16(23)15(10-13)22(24,25)26/h6-7,10,12H,3-5,8-9,11H2,1-2H3,(H,27,31)(H,28,34)/t12-/m1/s1. The predicted molar refractivity (Wildman–Crippen MR) is 123 cm³/mol. The highest BCUT2D eigenvalue weighted by Gasteiger charge is 2.35. The molecular weight excluding hydrogens is 493 g/mol. The average molecular weight is 517 g/mol. The third-order valence-corrected chi connectivity index (χ3v) is 6.48. The van der Waals surface area contributed by atoms with Gasteiger partial charge in [0.2, 0.25) is 5.91 Å². The molecule has 34 heavy (non-hydrogen) atoms. The molecule has 1 aliphatic heterocycles. The molecule has 1 aromatic heterocycles. The molecule has 1 aromatic carbocycles. The van der Waals surface area contributed by atoms with Crippen LogP contribution in [0, 0.1) is 4.77 Å². The number of carbonyl (C=O) groups excluding carboxylic acids is 2. The Morgan fingerprint density at radius 3 is 2.65 bits per heavy atom. The van der Waals surface area contributed by atoms with Gasteiger partial charge in [-0.1, -0.05) is 11.6 Å². The molecule has 0 aliphatic carbocycles. The van der Waals surface area contributed by atoms with E-state index in [0.717, 1.165) is 12.1 Å². The monoisotopic (exact) mass is 516 g/mol. The number of unbranched alkanes of at least 4 members (excludes halogenated alkanes) is 1. The third kappa shape index (κ3) is 5.52. The Morgan fingerprint density at radius 2 is 2.00 bits per heavy atom. The number of H-pyrrole nitrogens is 1. The number of hydrogen-bond acceptors (Lipinski definition) is 4. The number of aromatic amines is 1. The summed E-state index contributed by atoms with van der Waals surface area (Å²) in [5.41, 5.74) is -0.529. The van der Waals surface area contributed by atoms with Crippen LogP contribution in [0.25, 0.3) is 0 Å². The Labute approximate surface area is 203 Å². The number of carbonyl (C=O) groups is 2. The largest absolute Gasteiger partial charge is 0.417 e. The highest BCUT2D eigenvalue weighted by Crippen LogP contribution is 2.35. The molecule has 2 aromatic rings. The van der Waals surface area contributed by atoms with E-state index in [-0.39, 0.29) is 34.8 Å². The molecule has 2 amide bonds. The second-order valence-corrected chi connectivity index (χ2v) is 8.95. The number of alkyl halides is 3. The summed E-state index contributed by atoms with van der Waals surface area (Å²) in [5, 5.41) is 2.06. The fourth-order valence-corrected chi connectivity index (χ4v) is 4.45. The number of rotatable bonds is 6. The molecule has 1 aliphatic rings. The highest BCUT2D eigenvalue weighted by atomic mass is 35.5. The Morgan fingerprint density at radius 1 is 1.29 bits per heavy atom. The summed E-state index contributed by atoms with van der Waals surface area (Å²) in [6, 6.07) is 2.62. The van der Waals surface area contributed by atoms with Crippen molar-refractivity contribution in [3.63, 3.8) is 0 Å². The van der Waals surface area contributed by atoms with Crippen LogP contribution in [0.15, 0.2) is 23.0 Å². The van der Waals surface area contributed by atoms with Gasteiger partial charge in [-0.05, 0) is 56.6 Å². The molecule has 0 fully saturated rings. The summed E-state index contributed by atoms with van der Waals surface area (Å²) in [4.78, 5) is 41.9. The quantitative estimate of drug-likeness (QED) is 0.447. The molecule has 0 radical (unpaired) electrons. The lowest BCUT2D eigenvalue weighted by atomic mass is 9.98. The maximum Gasteiger partial charge on any atom is 0.417 e. The van der Waals surface area contributed by atoms with Crippen molar-refractivity contribution in [2.75, 3.05) is 7.05 Å². The summed E-state index contributed by atoms with van der Waals surface area (Å²) in [5.74, 6) is -0.678. The van der Waals surface area contributed by atoms with Crippen LogP contribution in [0.3, 0.4) is 0 Å². The van der Waals surface area contributed by atoms with Crippen molar-refractivity contribution in [2.24, 2.45) is 0 Å². The molecule has 3 rings (SSSR count). The van der Waals surface area contributed by atoms with Crippen LogP contribution in [-0.2, 0) is 30.5 Å². The van der Waals surface area contributed by atoms with Crippen LogP contribution < -0.4 is 10.9 Å². The van der Waals surface area contributed by atoms with Gasteiger partial charge in [0.15, 0.2) is 4.77 Å². The Bertz CT molecular complexity index is 1230. The van der Waals surface area contributed by atoms with E-state index in [1.54, 1.807) is 14.0 Å². The summed E-state index contributed by atoms with van der Waals surface area (Å²) >= 11 is 11.0. The van der Waals surface area contributed by atoms with E-state index in [1.807, 2.05) is 0 Å². The average Bonchev–Trinajstić information content (AvgIpc) is 2.77. The van der Waals surface area contributed by atoms with Gasteiger partial charge >= 0.3 is 6.18 Å². The second-order valence-electron chi connectivity index (χ2n) is 8.15. The maximum absolute atomic E-state index is 13.2. The molecule has 0 unspecified atom stereocenters. The van der Waals surface area contributed by atoms with Crippen LogP contribution in [-0.4, -0.2) is 39.4 Å². The van der Waals surface area contributed by atoms with Gasteiger partial charge in [-0.25, -0.2) is 0 Å². The van der Waals surface area contributed by atoms with Crippen molar-refractivity contribution in [1.82, 2.24) is 19.8 Å². The number of hydrogen-bond donors (Lipinski definition) is 2. The minimum absolute atomic E-state index is 0.00963. The predicted octanol–water partition coefficient (Wildman–Crippen LogP) is 4.08. The Hall–Kier alpha value is -2.66. The van der Waals surface area contributed by atoms with Crippen molar-refractivity contribution in [2.45, 2.75) is 57.9 Å². The lowest BCUT2D eigenvalue weighted by molar-refractivity contribution is -0.137. The molecule has 1 atom stereocenters. The van der Waals surface area contributed by atoms with Crippen molar-refractivity contribution in [3.05, 3.63) is 60.7 Å². The number of nitrogens with one attached hydrogen (secondary N) is 2. The van der Waals surface area contributed by atoms with E-state index < -0.39 is 28.7 Å². The van der Waals surface area contributed by atoms with Crippen molar-refractivity contribution < 1.29 is 22.8 Å². The summed E-state index contributed by atoms with van der Waals surface area (Å²) in [6.07, 6.45) is -2.94. The fourth-order valence-electron chi connectivity index (χ4n) is 3.93. The van der Waals surface area contributed by atoms with Crippen LogP contribution in [0.4, 0.5) is 13.2 Å². The lowest BCUT2D eigenvalue weighted by Crippen LogP contribution is -2.46. The fraction of sp³-hybridized carbons (Fsp3) is 0.455. The zero-order valence-corrected chi connectivity index (χ0v) is 20.2. The second kappa shape index (κ2) is 10.3. The molecule has 2 N–H and O–H groups in total. The van der Waals surface area contributed by atoms with Gasteiger partial charge in [0.05, 0.1) is 17.1 Å². The number of amides is 2. The topological polar surface area (TPSA) is 87.2 Å². The zero-order valence-electron chi connectivity index (χ0n) is 18.6. The first-order valence-electron chi connectivity index (χ1n) is 10.7. The lowest BCUT2D eigenvalue weighted by Gasteiger charge is -2.34. The molecule has 7 nitrogen and oxygen atoms in total. The van der Waals surface area contributed by atoms with E-state index in [9.17, 15) is 27.6 Å². The van der Waals surface area contributed by atoms with Crippen LogP contribution in [0.1, 0.15) is 53.4 Å². The molecule has 0 saturated heterocycles. The van der Waals surface area contributed by atoms with Gasteiger partial charge in [-0.2, -0.15) is 13.2 Å². The molecule has 2 heterocycles. The maximum atomic E-state index is 13.2. The van der Waals surface area contributed by atoms with Gasteiger partial charge in [0.1, 0.15) is 0 Å². The normalized spacial score (nSPS) is 15.7. The molecule has 0 spiro atoms. The molecule has 0 bridgehead atoms. The zero-order chi connectivity index (χ0) is 25.2.